The van der Waals surface area contributed by atoms with Gasteiger partial charge in [-0.2, -0.15) is 0 Å². The van der Waals surface area contributed by atoms with Crippen molar-refractivity contribution in [2.24, 2.45) is 0 Å². The Morgan fingerprint density at radius 1 is 1.25 bits per heavy atom. The van der Waals surface area contributed by atoms with Gasteiger partial charge in [0.05, 0.1) is 12.5 Å². The Bertz CT molecular complexity index is 873. The minimum atomic E-state index is 0.199. The average Bonchev–Trinajstić information content (AvgIpc) is 2.98. The van der Waals surface area contributed by atoms with Crippen molar-refractivity contribution < 1.29 is 9.53 Å². The number of aromatic nitrogens is 2. The van der Waals surface area contributed by atoms with Gasteiger partial charge in [0.1, 0.15) is 27.2 Å². The second-order valence-electron chi connectivity index (χ2n) is 5.43. The molecule has 0 aliphatic rings. The molecule has 2 aromatic heterocycles. The van der Waals surface area contributed by atoms with Crippen LogP contribution in [0.15, 0.2) is 34.7 Å². The fourth-order valence-electron chi connectivity index (χ4n) is 2.39. The predicted molar refractivity (Wildman–Crippen MR) is 100 cm³/mol. The number of hydrogen-bond donors (Lipinski definition) is 0. The maximum Gasteiger partial charge on any atom is 0.130 e. The molecule has 0 saturated carbocycles. The van der Waals surface area contributed by atoms with E-state index in [1.165, 1.54) is 0 Å². The number of benzene rings is 1. The number of ketones is 1. The first-order valence-electron chi connectivity index (χ1n) is 7.61. The average molecular weight is 358 g/mol. The smallest absolute Gasteiger partial charge is 0.130 e. The third-order valence-corrected chi connectivity index (χ3v) is 5.46. The summed E-state index contributed by atoms with van der Waals surface area (Å²) in [7, 11) is 1.66. The molecule has 0 aliphatic heterocycles. The van der Waals surface area contributed by atoms with Crippen molar-refractivity contribution in [3.63, 3.8) is 0 Å². The number of fused-ring (bicyclic) bond motifs is 1. The van der Waals surface area contributed by atoms with Gasteiger partial charge < -0.3 is 4.74 Å². The van der Waals surface area contributed by atoms with E-state index in [0.29, 0.717) is 6.42 Å². The summed E-state index contributed by atoms with van der Waals surface area (Å²) in [6.07, 6.45) is 0.553. The normalized spacial score (nSPS) is 11.0. The van der Waals surface area contributed by atoms with Crippen LogP contribution in [-0.2, 0) is 4.79 Å². The third-order valence-electron chi connectivity index (χ3n) is 3.61. The maximum absolute atomic E-state index is 11.2. The Balaban J connectivity index is 2.03. The summed E-state index contributed by atoms with van der Waals surface area (Å²) < 4.78 is 5.23. The quantitative estimate of drug-likeness (QED) is 0.470. The van der Waals surface area contributed by atoms with E-state index in [9.17, 15) is 4.79 Å². The number of hydrogen-bond acceptors (Lipinski definition) is 6. The van der Waals surface area contributed by atoms with E-state index in [0.717, 1.165) is 43.7 Å². The summed E-state index contributed by atoms with van der Waals surface area (Å²) in [6, 6.07) is 8.00. The number of carbonyl (C=O) groups is 1. The monoisotopic (exact) mass is 358 g/mol. The molecule has 0 saturated heterocycles. The lowest BCUT2D eigenvalue weighted by Gasteiger charge is -2.07. The second kappa shape index (κ2) is 7.32. The van der Waals surface area contributed by atoms with Gasteiger partial charge in [0.15, 0.2) is 0 Å². The van der Waals surface area contributed by atoms with E-state index in [1.54, 1.807) is 37.1 Å². The fraction of sp³-hybridized carbons (Fsp3) is 0.278. The van der Waals surface area contributed by atoms with E-state index in [1.807, 2.05) is 31.2 Å². The highest BCUT2D eigenvalue weighted by Gasteiger charge is 2.15. The van der Waals surface area contributed by atoms with Gasteiger partial charge in [-0.3, -0.25) is 4.79 Å². The summed E-state index contributed by atoms with van der Waals surface area (Å²) in [4.78, 5) is 21.4. The first kappa shape index (κ1) is 16.9. The summed E-state index contributed by atoms with van der Waals surface area (Å²) in [5.74, 6) is 2.53. The van der Waals surface area contributed by atoms with Crippen molar-refractivity contribution in [3.05, 3.63) is 35.5 Å². The molecule has 0 atom stereocenters. The lowest BCUT2D eigenvalue weighted by atomic mass is 10.1. The van der Waals surface area contributed by atoms with E-state index in [-0.39, 0.29) is 5.78 Å². The van der Waals surface area contributed by atoms with Crippen molar-refractivity contribution in [3.8, 4) is 16.9 Å². The molecule has 3 aromatic rings. The van der Waals surface area contributed by atoms with Gasteiger partial charge in [0.2, 0.25) is 0 Å². The van der Waals surface area contributed by atoms with Crippen LogP contribution in [-0.4, -0.2) is 28.6 Å². The summed E-state index contributed by atoms with van der Waals surface area (Å²) in [6.45, 7) is 3.52. The van der Waals surface area contributed by atoms with E-state index < -0.39 is 0 Å². The number of rotatable bonds is 6. The number of nitrogens with zero attached hydrogens (tertiary/aromatic N) is 2. The Morgan fingerprint density at radius 3 is 2.67 bits per heavy atom. The zero-order valence-electron chi connectivity index (χ0n) is 13.8. The molecule has 6 heteroatoms. The number of thiophene rings is 1. The lowest BCUT2D eigenvalue weighted by molar-refractivity contribution is -0.116. The van der Waals surface area contributed by atoms with Crippen molar-refractivity contribution in [2.45, 2.75) is 25.3 Å². The Morgan fingerprint density at radius 2 is 2.00 bits per heavy atom. The van der Waals surface area contributed by atoms with Gasteiger partial charge in [-0.25, -0.2) is 9.97 Å². The van der Waals surface area contributed by atoms with Gasteiger partial charge in [0.25, 0.3) is 0 Å². The maximum atomic E-state index is 11.2. The largest absolute Gasteiger partial charge is 0.497 e. The number of carbonyl (C=O) groups excluding carboxylic acids is 1. The first-order valence-corrected chi connectivity index (χ1v) is 9.47. The van der Waals surface area contributed by atoms with Crippen LogP contribution in [0.25, 0.3) is 21.3 Å². The van der Waals surface area contributed by atoms with E-state index in [4.69, 9.17) is 4.74 Å². The summed E-state index contributed by atoms with van der Waals surface area (Å²) >= 11 is 3.25. The molecule has 4 nitrogen and oxygen atoms in total. The molecule has 0 amide bonds. The number of aryl methyl sites for hydroxylation is 1. The van der Waals surface area contributed by atoms with Crippen LogP contribution in [0.5, 0.6) is 5.75 Å². The van der Waals surface area contributed by atoms with Gasteiger partial charge in [-0.15, -0.1) is 23.1 Å². The fourth-order valence-corrected chi connectivity index (χ4v) is 4.58. The number of thioether (sulfide) groups is 1. The molecule has 0 unspecified atom stereocenters. The van der Waals surface area contributed by atoms with Crippen molar-refractivity contribution in [1.29, 1.82) is 0 Å². The van der Waals surface area contributed by atoms with Crippen molar-refractivity contribution in [1.82, 2.24) is 9.97 Å². The van der Waals surface area contributed by atoms with E-state index in [2.05, 4.69) is 15.3 Å². The minimum absolute atomic E-state index is 0.199. The first-order chi connectivity index (χ1) is 11.6. The van der Waals surface area contributed by atoms with Crippen molar-refractivity contribution in [2.75, 3.05) is 12.9 Å². The molecule has 0 radical (unpaired) electrons. The molecular formula is C18H18N2O2S2. The SMILES string of the molecule is COc1ccc(-c2csc3nc(C)nc(SCCC(C)=O)c23)cc1. The molecular weight excluding hydrogens is 340 g/mol. The standard InChI is InChI=1S/C18H18N2O2S2/c1-11(21)8-9-23-17-16-15(10-24-18(16)20-12(2)19-17)13-4-6-14(22-3)7-5-13/h4-7,10H,8-9H2,1-3H3. The summed E-state index contributed by atoms with van der Waals surface area (Å²) in [5, 5.41) is 4.14. The zero-order chi connectivity index (χ0) is 17.1. The van der Waals surface area contributed by atoms with Crippen LogP contribution >= 0.6 is 23.1 Å². The van der Waals surface area contributed by atoms with Crippen LogP contribution < -0.4 is 4.74 Å². The lowest BCUT2D eigenvalue weighted by Crippen LogP contribution is -1.95. The van der Waals surface area contributed by atoms with Crippen LogP contribution in [0.3, 0.4) is 0 Å². The predicted octanol–water partition coefficient (Wildman–Crippen LogP) is 4.75. The molecule has 0 fully saturated rings. The number of ether oxygens (including phenoxy) is 1. The molecule has 0 N–H and O–H groups in total. The van der Waals surface area contributed by atoms with Crippen LogP contribution in [0, 0.1) is 6.92 Å². The Kier molecular flexibility index (Phi) is 5.16. The molecule has 0 bridgehead atoms. The molecule has 24 heavy (non-hydrogen) atoms. The van der Waals surface area contributed by atoms with Gasteiger partial charge in [-0.05, 0) is 31.5 Å². The molecule has 1 aromatic carbocycles. The highest BCUT2D eigenvalue weighted by atomic mass is 32.2. The van der Waals surface area contributed by atoms with Gasteiger partial charge in [0, 0.05) is 23.1 Å². The summed E-state index contributed by atoms with van der Waals surface area (Å²) in [5.41, 5.74) is 2.24. The van der Waals surface area contributed by atoms with Gasteiger partial charge in [-0.1, -0.05) is 12.1 Å². The van der Waals surface area contributed by atoms with Gasteiger partial charge >= 0.3 is 0 Å². The van der Waals surface area contributed by atoms with Crippen LogP contribution in [0.1, 0.15) is 19.2 Å². The zero-order valence-corrected chi connectivity index (χ0v) is 15.5. The second-order valence-corrected chi connectivity index (χ2v) is 7.38. The molecule has 3 rings (SSSR count). The number of Topliss-reactive ketones (excluding diaryl/α,β-unsaturated/α-hetero) is 1. The third kappa shape index (κ3) is 3.60. The molecule has 2 heterocycles. The molecule has 0 spiro atoms. The topological polar surface area (TPSA) is 52.1 Å². The van der Waals surface area contributed by atoms with Crippen LogP contribution in [0.4, 0.5) is 0 Å². The Labute approximate surface area is 149 Å². The number of methoxy groups -OCH3 is 1. The minimum Gasteiger partial charge on any atom is -0.497 e. The molecule has 124 valence electrons. The van der Waals surface area contributed by atoms with Crippen molar-refractivity contribution >= 4 is 39.1 Å². The molecule has 0 aliphatic carbocycles. The highest BCUT2D eigenvalue weighted by Crippen LogP contribution is 2.38. The van der Waals surface area contributed by atoms with Crippen LogP contribution in [0.2, 0.25) is 0 Å². The van der Waals surface area contributed by atoms with E-state index >= 15 is 0 Å². The Hall–Kier alpha value is -1.92. The highest BCUT2D eigenvalue weighted by molar-refractivity contribution is 7.99.